The Morgan fingerprint density at radius 1 is 0.941 bits per heavy atom. The standard InChI is InChI=1S/C28H27N5O/c1-2-32-24-13-7-6-12-22(24)23-17-21(14-15-25(23)32)33(30)27(19-9-4-3-5-10-19)26(29)28(34)20-11-8-16-31-18-20/h3-18,28,34H,2,29-30H2,1H3/b27-26-. The molecule has 0 radical (unpaired) electrons. The van der Waals surface area contributed by atoms with E-state index in [2.05, 4.69) is 46.8 Å². The average Bonchev–Trinajstić information content (AvgIpc) is 3.22. The van der Waals surface area contributed by atoms with Crippen molar-refractivity contribution in [1.29, 1.82) is 0 Å². The van der Waals surface area contributed by atoms with E-state index in [9.17, 15) is 5.11 Å². The molecule has 2 heterocycles. The Labute approximate surface area is 198 Å². The van der Waals surface area contributed by atoms with Crippen LogP contribution in [-0.2, 0) is 6.54 Å². The third-order valence-corrected chi connectivity index (χ3v) is 6.21. The second-order valence-electron chi connectivity index (χ2n) is 8.19. The first-order valence-electron chi connectivity index (χ1n) is 11.3. The van der Waals surface area contributed by atoms with Crippen LogP contribution >= 0.6 is 0 Å². The van der Waals surface area contributed by atoms with Crippen LogP contribution in [0.1, 0.15) is 24.2 Å². The first kappa shape index (κ1) is 21.7. The van der Waals surface area contributed by atoms with Gasteiger partial charge in [-0.3, -0.25) is 9.99 Å². The molecule has 0 aliphatic carbocycles. The number of aromatic nitrogens is 2. The van der Waals surface area contributed by atoms with Crippen molar-refractivity contribution in [2.45, 2.75) is 19.6 Å². The fourth-order valence-corrected chi connectivity index (χ4v) is 4.55. The van der Waals surface area contributed by atoms with E-state index in [1.54, 1.807) is 29.5 Å². The van der Waals surface area contributed by atoms with Gasteiger partial charge in [-0.05, 0) is 37.3 Å². The molecule has 0 fully saturated rings. The number of para-hydroxylation sites is 1. The molecule has 0 spiro atoms. The second kappa shape index (κ2) is 9.02. The van der Waals surface area contributed by atoms with Crippen molar-refractivity contribution in [3.63, 3.8) is 0 Å². The Morgan fingerprint density at radius 3 is 2.41 bits per heavy atom. The van der Waals surface area contributed by atoms with Gasteiger partial charge in [0, 0.05) is 51.9 Å². The van der Waals surface area contributed by atoms with Gasteiger partial charge in [-0.15, -0.1) is 0 Å². The summed E-state index contributed by atoms with van der Waals surface area (Å²) in [7, 11) is 0. The SMILES string of the molecule is CCn1c2ccccc2c2cc(N(N)/C(=C(\N)C(O)c3cccnc3)c3ccccc3)ccc21. The van der Waals surface area contributed by atoms with E-state index in [0.29, 0.717) is 11.3 Å². The first-order valence-corrected chi connectivity index (χ1v) is 11.3. The minimum atomic E-state index is -1.05. The largest absolute Gasteiger partial charge is 0.398 e. The molecule has 0 saturated carbocycles. The van der Waals surface area contributed by atoms with Gasteiger partial charge < -0.3 is 15.4 Å². The minimum absolute atomic E-state index is 0.248. The molecule has 1 atom stereocenters. The molecule has 3 aromatic carbocycles. The predicted octanol–water partition coefficient (Wildman–Crippen LogP) is 4.95. The van der Waals surface area contributed by atoms with Crippen molar-refractivity contribution < 1.29 is 5.11 Å². The third-order valence-electron chi connectivity index (χ3n) is 6.21. The molecule has 0 aliphatic rings. The lowest BCUT2D eigenvalue weighted by atomic mass is 10.0. The van der Waals surface area contributed by atoms with Crippen molar-refractivity contribution in [2.24, 2.45) is 11.6 Å². The number of hydrogen-bond donors (Lipinski definition) is 3. The molecule has 0 aliphatic heterocycles. The fraction of sp³-hybridized carbons (Fsp3) is 0.107. The number of aryl methyl sites for hydroxylation is 1. The number of pyridine rings is 1. The van der Waals surface area contributed by atoms with Crippen molar-refractivity contribution in [2.75, 3.05) is 5.01 Å². The highest BCUT2D eigenvalue weighted by Gasteiger charge is 2.22. The lowest BCUT2D eigenvalue weighted by Gasteiger charge is -2.26. The third kappa shape index (κ3) is 3.69. The van der Waals surface area contributed by atoms with E-state index < -0.39 is 6.10 Å². The monoisotopic (exact) mass is 449 g/mol. The molecule has 2 aromatic heterocycles. The number of aliphatic hydroxyl groups excluding tert-OH is 1. The number of anilines is 1. The summed E-state index contributed by atoms with van der Waals surface area (Å²) in [5, 5.41) is 14.9. The maximum Gasteiger partial charge on any atom is 0.122 e. The Morgan fingerprint density at radius 2 is 1.68 bits per heavy atom. The van der Waals surface area contributed by atoms with Crippen molar-refractivity contribution >= 4 is 33.2 Å². The fourth-order valence-electron chi connectivity index (χ4n) is 4.55. The number of hydrazine groups is 1. The molecule has 0 amide bonds. The first-order chi connectivity index (χ1) is 16.6. The molecule has 6 heteroatoms. The zero-order chi connectivity index (χ0) is 23.7. The molecule has 6 nitrogen and oxygen atoms in total. The van der Waals surface area contributed by atoms with E-state index in [1.165, 1.54) is 10.9 Å². The lowest BCUT2D eigenvalue weighted by molar-refractivity contribution is 0.214. The van der Waals surface area contributed by atoms with Gasteiger partial charge in [0.15, 0.2) is 0 Å². The summed E-state index contributed by atoms with van der Waals surface area (Å²) in [4.78, 5) is 4.11. The summed E-state index contributed by atoms with van der Waals surface area (Å²) in [5.41, 5.74) is 11.9. The van der Waals surface area contributed by atoms with Gasteiger partial charge in [0.25, 0.3) is 0 Å². The van der Waals surface area contributed by atoms with Crippen LogP contribution in [0.3, 0.4) is 0 Å². The molecule has 5 N–H and O–H groups in total. The summed E-state index contributed by atoms with van der Waals surface area (Å²) in [6.07, 6.45) is 2.21. The van der Waals surface area contributed by atoms with E-state index in [0.717, 1.165) is 28.7 Å². The molecule has 34 heavy (non-hydrogen) atoms. The van der Waals surface area contributed by atoms with E-state index in [1.807, 2.05) is 42.5 Å². The minimum Gasteiger partial charge on any atom is -0.398 e. The van der Waals surface area contributed by atoms with Crippen molar-refractivity contribution in [3.8, 4) is 0 Å². The van der Waals surface area contributed by atoms with Gasteiger partial charge in [-0.25, -0.2) is 5.84 Å². The van der Waals surface area contributed by atoms with Gasteiger partial charge in [0.2, 0.25) is 0 Å². The summed E-state index contributed by atoms with van der Waals surface area (Å²) >= 11 is 0. The number of nitrogens with two attached hydrogens (primary N) is 2. The van der Waals surface area contributed by atoms with Gasteiger partial charge in [0.1, 0.15) is 6.10 Å². The van der Waals surface area contributed by atoms with Crippen LogP contribution < -0.4 is 16.6 Å². The molecule has 5 aromatic rings. The highest BCUT2D eigenvalue weighted by atomic mass is 16.3. The average molecular weight is 450 g/mol. The Kier molecular flexibility index (Phi) is 5.76. The topological polar surface area (TPSA) is 93.3 Å². The van der Waals surface area contributed by atoms with Gasteiger partial charge in [-0.2, -0.15) is 0 Å². The lowest BCUT2D eigenvalue weighted by Crippen LogP contribution is -2.32. The number of rotatable bonds is 6. The van der Waals surface area contributed by atoms with Gasteiger partial charge >= 0.3 is 0 Å². The number of aliphatic hydroxyl groups is 1. The second-order valence-corrected chi connectivity index (χ2v) is 8.19. The molecule has 0 saturated heterocycles. The van der Waals surface area contributed by atoms with Crippen LogP contribution in [0.15, 0.2) is 103 Å². The number of fused-ring (bicyclic) bond motifs is 3. The normalized spacial score (nSPS) is 13.1. The van der Waals surface area contributed by atoms with E-state index in [-0.39, 0.29) is 5.70 Å². The number of hydrogen-bond acceptors (Lipinski definition) is 5. The smallest absolute Gasteiger partial charge is 0.122 e. The van der Waals surface area contributed by atoms with Crippen molar-refractivity contribution in [3.05, 3.63) is 114 Å². The van der Waals surface area contributed by atoms with Crippen LogP contribution in [0, 0.1) is 0 Å². The Hall–Kier alpha value is -4.13. The van der Waals surface area contributed by atoms with Crippen LogP contribution in [0.5, 0.6) is 0 Å². The van der Waals surface area contributed by atoms with Gasteiger partial charge in [0.05, 0.1) is 17.1 Å². The van der Waals surface area contributed by atoms with Gasteiger partial charge in [-0.1, -0.05) is 54.6 Å². The van der Waals surface area contributed by atoms with E-state index >= 15 is 0 Å². The van der Waals surface area contributed by atoms with Crippen LogP contribution in [-0.4, -0.2) is 14.7 Å². The maximum absolute atomic E-state index is 11.1. The Balaban J connectivity index is 1.67. The number of benzene rings is 3. The summed E-state index contributed by atoms with van der Waals surface area (Å²) in [6.45, 7) is 3.01. The van der Waals surface area contributed by atoms with Crippen LogP contribution in [0.25, 0.3) is 27.5 Å². The quantitative estimate of drug-likeness (QED) is 0.252. The number of nitrogens with zero attached hydrogens (tertiary/aromatic N) is 3. The summed E-state index contributed by atoms with van der Waals surface area (Å²) < 4.78 is 2.30. The summed E-state index contributed by atoms with van der Waals surface area (Å²) in [5.74, 6) is 6.72. The van der Waals surface area contributed by atoms with Crippen LogP contribution in [0.4, 0.5) is 5.69 Å². The molecule has 0 bridgehead atoms. The highest BCUT2D eigenvalue weighted by Crippen LogP contribution is 2.35. The summed E-state index contributed by atoms with van der Waals surface area (Å²) in [6, 6.07) is 27.7. The molecule has 1 unspecified atom stereocenters. The zero-order valence-electron chi connectivity index (χ0n) is 19.0. The molecule has 5 rings (SSSR count). The predicted molar refractivity (Wildman–Crippen MR) is 139 cm³/mol. The molecular formula is C28H27N5O. The highest BCUT2D eigenvalue weighted by molar-refractivity contribution is 6.09. The van der Waals surface area contributed by atoms with Crippen LogP contribution in [0.2, 0.25) is 0 Å². The maximum atomic E-state index is 11.1. The Bertz CT molecular complexity index is 1470. The van der Waals surface area contributed by atoms with Crippen molar-refractivity contribution in [1.82, 2.24) is 9.55 Å². The molecule has 170 valence electrons. The van der Waals surface area contributed by atoms with E-state index in [4.69, 9.17) is 11.6 Å². The molecular weight excluding hydrogens is 422 g/mol. The zero-order valence-corrected chi connectivity index (χ0v) is 19.0.